The monoisotopic (exact) mass is 227 g/mol. The van der Waals surface area contributed by atoms with Crippen LogP contribution in [0.1, 0.15) is 32.8 Å². The highest BCUT2D eigenvalue weighted by Crippen LogP contribution is 2.15. The van der Waals surface area contributed by atoms with Gasteiger partial charge in [-0.1, -0.05) is 31.5 Å². The molecule has 0 aromatic carbocycles. The van der Waals surface area contributed by atoms with Crippen LogP contribution >= 0.6 is 11.6 Å². The summed E-state index contributed by atoms with van der Waals surface area (Å²) in [6, 6.07) is 3.81. The maximum atomic E-state index is 5.92. The lowest BCUT2D eigenvalue weighted by molar-refractivity contribution is 0.0396. The molecule has 0 N–H and O–H groups in total. The van der Waals surface area contributed by atoms with E-state index < -0.39 is 0 Å². The molecule has 15 heavy (non-hydrogen) atoms. The highest BCUT2D eigenvalue weighted by Gasteiger charge is 2.07. The number of nitrogens with zero attached hydrogens (tertiary/aromatic N) is 1. The quantitative estimate of drug-likeness (QED) is 0.716. The van der Waals surface area contributed by atoms with Crippen molar-refractivity contribution in [1.29, 1.82) is 0 Å². The van der Waals surface area contributed by atoms with Crippen LogP contribution in [0.3, 0.4) is 0 Å². The van der Waals surface area contributed by atoms with Crippen molar-refractivity contribution in [3.05, 3.63) is 29.0 Å². The fraction of sp³-hybridized carbons (Fsp3) is 0.583. The van der Waals surface area contributed by atoms with E-state index in [9.17, 15) is 0 Å². The second-order valence-electron chi connectivity index (χ2n) is 4.20. The van der Waals surface area contributed by atoms with E-state index in [0.29, 0.717) is 17.7 Å². The summed E-state index contributed by atoms with van der Waals surface area (Å²) in [5, 5.41) is 0.536. The zero-order valence-electron chi connectivity index (χ0n) is 9.53. The molecule has 1 unspecified atom stereocenters. The molecule has 3 heteroatoms. The van der Waals surface area contributed by atoms with Crippen molar-refractivity contribution in [2.45, 2.75) is 39.9 Å². The summed E-state index contributed by atoms with van der Waals surface area (Å²) < 4.78 is 5.70. The van der Waals surface area contributed by atoms with Crippen molar-refractivity contribution in [2.24, 2.45) is 5.92 Å². The van der Waals surface area contributed by atoms with Crippen LogP contribution in [0, 0.1) is 5.92 Å². The molecular formula is C12H18ClNO. The zero-order valence-corrected chi connectivity index (χ0v) is 10.3. The van der Waals surface area contributed by atoms with E-state index >= 15 is 0 Å². The van der Waals surface area contributed by atoms with Gasteiger partial charge < -0.3 is 4.74 Å². The van der Waals surface area contributed by atoms with E-state index in [-0.39, 0.29) is 6.10 Å². The summed E-state index contributed by atoms with van der Waals surface area (Å²) in [6.45, 7) is 7.01. The molecular weight excluding hydrogens is 210 g/mol. The molecule has 0 aliphatic carbocycles. The van der Waals surface area contributed by atoms with E-state index in [4.69, 9.17) is 16.3 Å². The lowest BCUT2D eigenvalue weighted by atomic mass is 10.1. The van der Waals surface area contributed by atoms with Crippen LogP contribution in [0.4, 0.5) is 0 Å². The molecule has 0 aliphatic rings. The summed E-state index contributed by atoms with van der Waals surface area (Å²) in [5.74, 6) is 0.657. The lowest BCUT2D eigenvalue weighted by Gasteiger charge is -2.15. The largest absolute Gasteiger partial charge is 0.374 e. The first-order chi connectivity index (χ1) is 7.09. The summed E-state index contributed by atoms with van der Waals surface area (Å²) in [5.41, 5.74) is 0.953. The number of pyridine rings is 1. The van der Waals surface area contributed by atoms with Gasteiger partial charge in [-0.25, -0.2) is 4.98 Å². The molecule has 1 rings (SSSR count). The van der Waals surface area contributed by atoms with Gasteiger partial charge in [0, 0.05) is 11.8 Å². The molecule has 1 atom stereocenters. The Balaban J connectivity index is 2.40. The van der Waals surface area contributed by atoms with Gasteiger partial charge in [0.05, 0.1) is 12.7 Å². The minimum absolute atomic E-state index is 0.265. The second kappa shape index (κ2) is 6.09. The van der Waals surface area contributed by atoms with Gasteiger partial charge in [0.15, 0.2) is 0 Å². The van der Waals surface area contributed by atoms with E-state index in [2.05, 4.69) is 25.8 Å². The normalized spacial score (nSPS) is 13.1. The van der Waals surface area contributed by atoms with Crippen molar-refractivity contribution >= 4 is 11.6 Å². The number of halogens is 1. The Bertz CT molecular complexity index is 301. The Labute approximate surface area is 96.6 Å². The number of rotatable bonds is 5. The summed E-state index contributed by atoms with van der Waals surface area (Å²) >= 11 is 5.92. The predicted molar refractivity (Wildman–Crippen MR) is 63.0 cm³/mol. The van der Waals surface area contributed by atoms with Gasteiger partial charge in [0.1, 0.15) is 5.15 Å². The molecule has 0 spiro atoms. The fourth-order valence-corrected chi connectivity index (χ4v) is 1.66. The third-order valence-electron chi connectivity index (χ3n) is 2.16. The third-order valence-corrected chi connectivity index (χ3v) is 2.50. The van der Waals surface area contributed by atoms with E-state index in [1.54, 1.807) is 6.20 Å². The van der Waals surface area contributed by atoms with Gasteiger partial charge in [-0.05, 0) is 25.3 Å². The molecule has 0 saturated carbocycles. The van der Waals surface area contributed by atoms with E-state index in [1.807, 2.05) is 12.1 Å². The van der Waals surface area contributed by atoms with Crippen LogP contribution in [-0.2, 0) is 11.3 Å². The van der Waals surface area contributed by atoms with Crippen LogP contribution in [0.15, 0.2) is 18.3 Å². The maximum absolute atomic E-state index is 5.92. The van der Waals surface area contributed by atoms with Crippen molar-refractivity contribution < 1.29 is 4.74 Å². The Hall–Kier alpha value is -0.600. The highest BCUT2D eigenvalue weighted by atomic mass is 35.5. The Morgan fingerprint density at radius 2 is 2.13 bits per heavy atom. The molecule has 0 saturated heterocycles. The average molecular weight is 228 g/mol. The van der Waals surface area contributed by atoms with Gasteiger partial charge in [-0.2, -0.15) is 0 Å². The van der Waals surface area contributed by atoms with Crippen LogP contribution in [-0.4, -0.2) is 11.1 Å². The van der Waals surface area contributed by atoms with Gasteiger partial charge in [0.2, 0.25) is 0 Å². The van der Waals surface area contributed by atoms with Crippen LogP contribution in [0.2, 0.25) is 5.15 Å². The summed E-state index contributed by atoms with van der Waals surface area (Å²) in [7, 11) is 0. The number of hydrogen-bond donors (Lipinski definition) is 0. The molecule has 0 fully saturated rings. The predicted octanol–water partition coefficient (Wildman–Crippen LogP) is 3.69. The topological polar surface area (TPSA) is 22.1 Å². The maximum Gasteiger partial charge on any atom is 0.134 e. The van der Waals surface area contributed by atoms with Crippen LogP contribution < -0.4 is 0 Å². The zero-order chi connectivity index (χ0) is 11.3. The third kappa shape index (κ3) is 4.63. The number of aromatic nitrogens is 1. The minimum Gasteiger partial charge on any atom is -0.374 e. The first kappa shape index (κ1) is 12.5. The fourth-order valence-electron chi connectivity index (χ4n) is 1.49. The van der Waals surface area contributed by atoms with Crippen molar-refractivity contribution in [3.63, 3.8) is 0 Å². The van der Waals surface area contributed by atoms with Crippen molar-refractivity contribution in [3.8, 4) is 0 Å². The first-order valence-electron chi connectivity index (χ1n) is 5.30. The van der Waals surface area contributed by atoms with Crippen LogP contribution in [0.25, 0.3) is 0 Å². The SMILES string of the molecule is CC(C)CC(C)OCc1cccnc1Cl. The van der Waals surface area contributed by atoms with Gasteiger partial charge in [-0.15, -0.1) is 0 Å². The molecule has 0 amide bonds. The summed E-state index contributed by atoms with van der Waals surface area (Å²) in [4.78, 5) is 4.00. The number of ether oxygens (including phenoxy) is 1. The van der Waals surface area contributed by atoms with Crippen molar-refractivity contribution in [2.75, 3.05) is 0 Å². The molecule has 1 heterocycles. The molecule has 0 radical (unpaired) electrons. The van der Waals surface area contributed by atoms with E-state index in [0.717, 1.165) is 12.0 Å². The van der Waals surface area contributed by atoms with Gasteiger partial charge >= 0.3 is 0 Å². The Kier molecular flexibility index (Phi) is 5.06. The molecule has 0 bridgehead atoms. The van der Waals surface area contributed by atoms with E-state index in [1.165, 1.54) is 0 Å². The van der Waals surface area contributed by atoms with Crippen LogP contribution in [0.5, 0.6) is 0 Å². The molecule has 0 aliphatic heterocycles. The van der Waals surface area contributed by atoms with Gasteiger partial charge in [0.25, 0.3) is 0 Å². The smallest absolute Gasteiger partial charge is 0.134 e. The summed E-state index contributed by atoms with van der Waals surface area (Å²) in [6.07, 6.45) is 3.02. The highest BCUT2D eigenvalue weighted by molar-refractivity contribution is 6.30. The average Bonchev–Trinajstić information content (AvgIpc) is 2.15. The molecule has 1 aromatic rings. The Morgan fingerprint density at radius 1 is 1.40 bits per heavy atom. The standard InChI is InChI=1S/C12H18ClNO/c1-9(2)7-10(3)15-8-11-5-4-6-14-12(11)13/h4-6,9-10H,7-8H2,1-3H3. The second-order valence-corrected chi connectivity index (χ2v) is 4.56. The molecule has 2 nitrogen and oxygen atoms in total. The van der Waals surface area contributed by atoms with Gasteiger partial charge in [-0.3, -0.25) is 0 Å². The lowest BCUT2D eigenvalue weighted by Crippen LogP contribution is -2.11. The molecule has 1 aromatic heterocycles. The first-order valence-corrected chi connectivity index (χ1v) is 5.68. The molecule has 84 valence electrons. The minimum atomic E-state index is 0.265. The van der Waals surface area contributed by atoms with Crippen molar-refractivity contribution in [1.82, 2.24) is 4.98 Å². The Morgan fingerprint density at radius 3 is 2.73 bits per heavy atom. The number of hydrogen-bond acceptors (Lipinski definition) is 2.